The molecule has 1 unspecified atom stereocenters. The van der Waals surface area contributed by atoms with Crippen LogP contribution in [0.5, 0.6) is 11.5 Å². The second-order valence-corrected chi connectivity index (χ2v) is 13.4. The summed E-state index contributed by atoms with van der Waals surface area (Å²) in [5, 5.41) is 11.7. The maximum atomic E-state index is 14.3. The molecule has 276 valence electrons. The van der Waals surface area contributed by atoms with Crippen molar-refractivity contribution in [1.82, 2.24) is 9.97 Å². The SMILES string of the molecule is COc1cc(OC)c(Cl)c(N(C(=O)OC(C)(C)C)C(=O)N(C)c2cc(N(C(=O)OC(C)(C)C)C3=C([N+](=O)[O-])CC(C(=O)ON)C=C3)ncn2)c1Cl. The third-order valence-electron chi connectivity index (χ3n) is 6.69. The van der Waals surface area contributed by atoms with Crippen molar-refractivity contribution >= 4 is 64.7 Å². The molecule has 1 heterocycles. The molecule has 51 heavy (non-hydrogen) atoms. The molecule has 0 fully saturated rings. The summed E-state index contributed by atoms with van der Waals surface area (Å²) in [4.78, 5) is 79.9. The zero-order valence-electron chi connectivity index (χ0n) is 29.2. The summed E-state index contributed by atoms with van der Waals surface area (Å²) in [6.45, 7) is 9.43. The van der Waals surface area contributed by atoms with Gasteiger partial charge in [0.1, 0.15) is 62.1 Å². The molecule has 1 aromatic carbocycles. The first-order chi connectivity index (χ1) is 23.6. The fourth-order valence-corrected chi connectivity index (χ4v) is 5.13. The van der Waals surface area contributed by atoms with Crippen LogP contribution < -0.4 is 30.1 Å². The normalized spacial score (nSPS) is 14.3. The van der Waals surface area contributed by atoms with Gasteiger partial charge in [0.25, 0.3) is 5.70 Å². The van der Waals surface area contributed by atoms with Crippen molar-refractivity contribution in [2.45, 2.75) is 59.2 Å². The van der Waals surface area contributed by atoms with Crippen LogP contribution in [0.15, 0.2) is 42.0 Å². The Labute approximate surface area is 302 Å². The van der Waals surface area contributed by atoms with Crippen LogP contribution in [0, 0.1) is 16.0 Å². The summed E-state index contributed by atoms with van der Waals surface area (Å²) < 4.78 is 21.7. The number of imide groups is 1. The third-order valence-corrected chi connectivity index (χ3v) is 7.42. The van der Waals surface area contributed by atoms with E-state index in [1.54, 1.807) is 41.5 Å². The number of nitrogens with two attached hydrogens (primary N) is 1. The predicted octanol–water partition coefficient (Wildman–Crippen LogP) is 6.02. The van der Waals surface area contributed by atoms with Crippen LogP contribution in [0.1, 0.15) is 48.0 Å². The molecule has 2 N–H and O–H groups in total. The number of urea groups is 1. The van der Waals surface area contributed by atoms with Gasteiger partial charge in [0.2, 0.25) is 0 Å². The van der Waals surface area contributed by atoms with Gasteiger partial charge in [0.05, 0.1) is 31.5 Å². The summed E-state index contributed by atoms with van der Waals surface area (Å²) in [5.41, 5.74) is -3.41. The first-order valence-electron chi connectivity index (χ1n) is 14.9. The first kappa shape index (κ1) is 40.2. The summed E-state index contributed by atoms with van der Waals surface area (Å²) in [6.07, 6.45) is 0.585. The molecule has 4 amide bonds. The van der Waals surface area contributed by atoms with E-state index in [9.17, 15) is 29.3 Å². The predicted molar refractivity (Wildman–Crippen MR) is 184 cm³/mol. The molecule has 0 spiro atoms. The number of carbonyl (C=O) groups excluding carboxylic acids is 4. The molecule has 1 aromatic heterocycles. The van der Waals surface area contributed by atoms with E-state index in [1.165, 1.54) is 33.4 Å². The fourth-order valence-electron chi connectivity index (χ4n) is 4.46. The summed E-state index contributed by atoms with van der Waals surface area (Å²) in [5.74, 6) is 2.41. The Morgan fingerprint density at radius 2 is 1.45 bits per heavy atom. The highest BCUT2D eigenvalue weighted by Gasteiger charge is 2.39. The fraction of sp³-hybridized carbons (Fsp3) is 0.419. The van der Waals surface area contributed by atoms with E-state index in [-0.39, 0.29) is 44.6 Å². The summed E-state index contributed by atoms with van der Waals surface area (Å²) in [7, 11) is 3.83. The van der Waals surface area contributed by atoms with E-state index in [0.29, 0.717) is 4.90 Å². The molecular formula is C31H37Cl2N7O11. The van der Waals surface area contributed by atoms with Crippen LogP contribution >= 0.6 is 23.2 Å². The molecule has 2 aromatic rings. The molecular weight excluding hydrogens is 717 g/mol. The average molecular weight is 755 g/mol. The Morgan fingerprint density at radius 1 is 0.922 bits per heavy atom. The second kappa shape index (κ2) is 15.8. The van der Waals surface area contributed by atoms with Crippen molar-refractivity contribution in [2.24, 2.45) is 11.8 Å². The Bertz CT molecular complexity index is 1760. The van der Waals surface area contributed by atoms with Crippen LogP contribution in [-0.4, -0.2) is 71.5 Å². The molecule has 0 bridgehead atoms. The van der Waals surface area contributed by atoms with Gasteiger partial charge >= 0.3 is 24.2 Å². The highest BCUT2D eigenvalue weighted by atomic mass is 35.5. The van der Waals surface area contributed by atoms with Crippen LogP contribution in [0.25, 0.3) is 0 Å². The number of rotatable bonds is 8. The average Bonchev–Trinajstić information content (AvgIpc) is 3.04. The van der Waals surface area contributed by atoms with Gasteiger partial charge in [-0.3, -0.25) is 15.0 Å². The topological polar surface area (TPSA) is 219 Å². The van der Waals surface area contributed by atoms with Gasteiger partial charge in [-0.1, -0.05) is 29.3 Å². The molecule has 3 rings (SSSR count). The minimum absolute atomic E-state index is 0.00613. The molecule has 0 saturated heterocycles. The minimum Gasteiger partial charge on any atom is -0.495 e. The zero-order valence-corrected chi connectivity index (χ0v) is 30.7. The Hall–Kier alpha value is -5.20. The number of amides is 4. The number of hydrogen-bond acceptors (Lipinski definition) is 14. The second-order valence-electron chi connectivity index (χ2n) is 12.7. The number of anilines is 3. The van der Waals surface area contributed by atoms with E-state index in [0.717, 1.165) is 28.3 Å². The molecule has 1 aliphatic carbocycles. The van der Waals surface area contributed by atoms with Crippen molar-refractivity contribution in [1.29, 1.82) is 0 Å². The third kappa shape index (κ3) is 9.33. The van der Waals surface area contributed by atoms with Crippen molar-refractivity contribution in [2.75, 3.05) is 36.0 Å². The van der Waals surface area contributed by atoms with Gasteiger partial charge in [0, 0.05) is 19.2 Å². The molecule has 0 aliphatic heterocycles. The van der Waals surface area contributed by atoms with Gasteiger partial charge in [-0.15, -0.1) is 0 Å². The van der Waals surface area contributed by atoms with E-state index in [2.05, 4.69) is 14.8 Å². The Morgan fingerprint density at radius 3 is 1.94 bits per heavy atom. The Balaban J connectivity index is 2.23. The van der Waals surface area contributed by atoms with Gasteiger partial charge < -0.3 is 23.8 Å². The van der Waals surface area contributed by atoms with Crippen LogP contribution in [0.2, 0.25) is 10.0 Å². The van der Waals surface area contributed by atoms with E-state index in [1.807, 2.05) is 0 Å². The smallest absolute Gasteiger partial charge is 0.423 e. The van der Waals surface area contributed by atoms with Crippen molar-refractivity contribution in [3.05, 3.63) is 62.2 Å². The van der Waals surface area contributed by atoms with Crippen LogP contribution in [0.4, 0.5) is 31.7 Å². The van der Waals surface area contributed by atoms with Gasteiger partial charge in [-0.05, 0) is 47.6 Å². The maximum Gasteiger partial charge on any atom is 0.423 e. The highest BCUT2D eigenvalue weighted by molar-refractivity contribution is 6.43. The number of methoxy groups -OCH3 is 2. The first-order valence-corrected chi connectivity index (χ1v) is 15.6. The van der Waals surface area contributed by atoms with Gasteiger partial charge in [-0.2, -0.15) is 10.8 Å². The molecule has 1 atom stereocenters. The number of aromatic nitrogens is 2. The lowest BCUT2D eigenvalue weighted by molar-refractivity contribution is -0.429. The summed E-state index contributed by atoms with van der Waals surface area (Å²) in [6, 6.07) is 1.37. The highest BCUT2D eigenvalue weighted by Crippen LogP contribution is 2.47. The standard InChI is InChI=1S/C31H37Cl2N7O11/c1-30(2,3)49-28(43)38(17-11-10-16(26(41)51-34)12-18(17)40(45)46)22-14-21(35-15-36-22)37(7)27(42)39(29(44)50-31(4,5)6)25-23(32)19(47-8)13-20(48-9)24(25)33/h10-11,13-16H,12,34H2,1-9H3. The van der Waals surface area contributed by atoms with Crippen molar-refractivity contribution < 1.29 is 47.9 Å². The maximum absolute atomic E-state index is 14.3. The summed E-state index contributed by atoms with van der Waals surface area (Å²) >= 11 is 13.2. The molecule has 0 saturated carbocycles. The number of nitro groups is 1. The lowest BCUT2D eigenvalue weighted by Gasteiger charge is -2.31. The van der Waals surface area contributed by atoms with E-state index >= 15 is 0 Å². The number of nitrogens with zero attached hydrogens (tertiary/aromatic N) is 6. The molecule has 0 radical (unpaired) electrons. The van der Waals surface area contributed by atoms with Gasteiger partial charge in [-0.25, -0.2) is 34.0 Å². The van der Waals surface area contributed by atoms with Gasteiger partial charge in [0.15, 0.2) is 0 Å². The monoisotopic (exact) mass is 753 g/mol. The quantitative estimate of drug-likeness (QED) is 0.241. The zero-order chi connectivity index (χ0) is 38.6. The number of benzene rings is 1. The number of ether oxygens (including phenoxy) is 4. The lowest BCUT2D eigenvalue weighted by atomic mass is 9.96. The molecule has 20 heteroatoms. The number of allylic oxidation sites excluding steroid dienone is 2. The lowest BCUT2D eigenvalue weighted by Crippen LogP contribution is -2.48. The van der Waals surface area contributed by atoms with Crippen molar-refractivity contribution in [3.63, 3.8) is 0 Å². The van der Waals surface area contributed by atoms with E-state index in [4.69, 9.17) is 48.0 Å². The Kier molecular flexibility index (Phi) is 12.4. The van der Waals surface area contributed by atoms with Crippen LogP contribution in [-0.2, 0) is 19.1 Å². The number of halogens is 2. The number of carbonyl (C=O) groups is 4. The molecule has 1 aliphatic rings. The minimum atomic E-state index is -1.19. The largest absolute Gasteiger partial charge is 0.495 e. The molecule has 18 nitrogen and oxygen atoms in total. The van der Waals surface area contributed by atoms with Crippen LogP contribution in [0.3, 0.4) is 0 Å². The van der Waals surface area contributed by atoms with Crippen molar-refractivity contribution in [3.8, 4) is 11.5 Å². The van der Waals surface area contributed by atoms with E-state index < -0.39 is 58.3 Å². The number of hydrogen-bond donors (Lipinski definition) is 1.